The van der Waals surface area contributed by atoms with E-state index < -0.39 is 0 Å². The Morgan fingerprint density at radius 3 is 2.56 bits per heavy atom. The van der Waals surface area contributed by atoms with Crippen LogP contribution in [0.2, 0.25) is 0 Å². The van der Waals surface area contributed by atoms with E-state index in [0.29, 0.717) is 6.54 Å². The van der Waals surface area contributed by atoms with Crippen LogP contribution in [-0.2, 0) is 6.54 Å². The predicted molar refractivity (Wildman–Crippen MR) is 77.5 cm³/mol. The van der Waals surface area contributed by atoms with Crippen LogP contribution in [0.3, 0.4) is 0 Å². The van der Waals surface area contributed by atoms with Gasteiger partial charge in [-0.05, 0) is 37.2 Å². The minimum absolute atomic E-state index is 0.711. The average Bonchev–Trinajstić information content (AvgIpc) is 2.70. The fourth-order valence-electron chi connectivity index (χ4n) is 2.56. The number of hydrogen-bond donors (Lipinski definition) is 2. The lowest BCUT2D eigenvalue weighted by molar-refractivity contribution is 0.687. The van der Waals surface area contributed by atoms with Gasteiger partial charge in [0.2, 0.25) is 0 Å². The average molecular weight is 239 g/mol. The molecule has 92 valence electrons. The van der Waals surface area contributed by atoms with Gasteiger partial charge in [0.1, 0.15) is 0 Å². The summed E-state index contributed by atoms with van der Waals surface area (Å²) in [5, 5.41) is 2.49. The fourth-order valence-corrected chi connectivity index (χ4v) is 2.56. The zero-order chi connectivity index (χ0) is 12.5. The van der Waals surface area contributed by atoms with Crippen LogP contribution in [0.1, 0.15) is 6.42 Å². The Hall–Kier alpha value is -2.00. The van der Waals surface area contributed by atoms with Crippen LogP contribution in [0.5, 0.6) is 0 Å². The maximum atomic E-state index is 5.90. The third kappa shape index (κ3) is 1.64. The molecule has 18 heavy (non-hydrogen) atoms. The number of benzene rings is 2. The van der Waals surface area contributed by atoms with E-state index in [2.05, 4.69) is 41.0 Å². The van der Waals surface area contributed by atoms with E-state index in [0.717, 1.165) is 18.7 Å². The summed E-state index contributed by atoms with van der Waals surface area (Å²) in [6.07, 6.45) is 0.984. The molecule has 0 saturated heterocycles. The van der Waals surface area contributed by atoms with Crippen LogP contribution in [0.15, 0.2) is 42.5 Å². The Balaban J connectivity index is 2.34. The highest BCUT2D eigenvalue weighted by molar-refractivity contribution is 6.08. The highest BCUT2D eigenvalue weighted by atomic mass is 15.0. The predicted octanol–water partition coefficient (Wildman–Crippen LogP) is 2.73. The first kappa shape index (κ1) is 11.1. The summed E-state index contributed by atoms with van der Waals surface area (Å²) in [6.45, 7) is 1.66. The van der Waals surface area contributed by atoms with E-state index >= 15 is 0 Å². The lowest BCUT2D eigenvalue weighted by atomic mass is 10.1. The van der Waals surface area contributed by atoms with Gasteiger partial charge < -0.3 is 16.0 Å². The number of nitrogen functional groups attached to an aromatic ring is 1. The van der Waals surface area contributed by atoms with Crippen molar-refractivity contribution in [3.05, 3.63) is 42.5 Å². The van der Waals surface area contributed by atoms with Gasteiger partial charge in [-0.15, -0.1) is 0 Å². The van der Waals surface area contributed by atoms with Crippen LogP contribution in [0.4, 0.5) is 5.69 Å². The summed E-state index contributed by atoms with van der Waals surface area (Å²) in [4.78, 5) is 0. The summed E-state index contributed by atoms with van der Waals surface area (Å²) in [7, 11) is 0. The Morgan fingerprint density at radius 2 is 1.72 bits per heavy atom. The zero-order valence-electron chi connectivity index (χ0n) is 10.3. The van der Waals surface area contributed by atoms with Crippen molar-refractivity contribution >= 4 is 27.5 Å². The monoisotopic (exact) mass is 239 g/mol. The molecule has 0 saturated carbocycles. The van der Waals surface area contributed by atoms with Gasteiger partial charge in [-0.1, -0.05) is 18.2 Å². The van der Waals surface area contributed by atoms with Gasteiger partial charge in [0.25, 0.3) is 0 Å². The Kier molecular flexibility index (Phi) is 2.68. The Bertz CT molecular complexity index is 697. The molecule has 1 heterocycles. The topological polar surface area (TPSA) is 57.0 Å². The number of aromatic nitrogens is 1. The number of anilines is 1. The van der Waals surface area contributed by atoms with Crippen molar-refractivity contribution in [1.29, 1.82) is 0 Å². The summed E-state index contributed by atoms with van der Waals surface area (Å²) in [6, 6.07) is 14.6. The van der Waals surface area contributed by atoms with Gasteiger partial charge >= 0.3 is 0 Å². The van der Waals surface area contributed by atoms with Gasteiger partial charge in [0.15, 0.2) is 0 Å². The number of rotatable bonds is 3. The molecule has 1 aromatic heterocycles. The van der Waals surface area contributed by atoms with E-state index in [1.807, 2.05) is 6.07 Å². The standard InChI is InChI=1S/C15H17N3/c16-8-3-9-18-14-5-2-1-4-12(14)13-10-11(17)6-7-15(13)18/h1-2,4-7,10H,3,8-9,16-17H2. The van der Waals surface area contributed by atoms with Crippen LogP contribution in [0.25, 0.3) is 21.8 Å². The van der Waals surface area contributed by atoms with Crippen molar-refractivity contribution < 1.29 is 0 Å². The SMILES string of the molecule is NCCCn1c2ccccc2c2cc(N)ccc21. The van der Waals surface area contributed by atoms with Gasteiger partial charge in [0, 0.05) is 34.0 Å². The molecule has 0 amide bonds. The first-order valence-electron chi connectivity index (χ1n) is 6.28. The van der Waals surface area contributed by atoms with Gasteiger partial charge in [-0.3, -0.25) is 0 Å². The number of nitrogens with two attached hydrogens (primary N) is 2. The van der Waals surface area contributed by atoms with Crippen LogP contribution < -0.4 is 11.5 Å². The smallest absolute Gasteiger partial charge is 0.0492 e. The van der Waals surface area contributed by atoms with Gasteiger partial charge in [-0.2, -0.15) is 0 Å². The summed E-state index contributed by atoms with van der Waals surface area (Å²) < 4.78 is 2.33. The second kappa shape index (κ2) is 4.35. The first-order chi connectivity index (χ1) is 8.81. The second-order valence-electron chi connectivity index (χ2n) is 4.59. The third-order valence-corrected chi connectivity index (χ3v) is 3.38. The lowest BCUT2D eigenvalue weighted by Crippen LogP contribution is -2.05. The molecule has 4 N–H and O–H groups in total. The van der Waals surface area contributed by atoms with E-state index in [-0.39, 0.29) is 0 Å². The summed E-state index contributed by atoms with van der Waals surface area (Å²) in [5.41, 5.74) is 14.8. The quantitative estimate of drug-likeness (QED) is 0.690. The highest BCUT2D eigenvalue weighted by Crippen LogP contribution is 2.30. The van der Waals surface area contributed by atoms with E-state index in [1.54, 1.807) is 0 Å². The minimum atomic E-state index is 0.711. The van der Waals surface area contributed by atoms with Gasteiger partial charge in [0.05, 0.1) is 0 Å². The first-order valence-corrected chi connectivity index (χ1v) is 6.28. The maximum absolute atomic E-state index is 5.90. The molecular formula is C15H17N3. The fraction of sp³-hybridized carbons (Fsp3) is 0.200. The van der Waals surface area contributed by atoms with Crippen molar-refractivity contribution in [3.8, 4) is 0 Å². The number of nitrogens with zero attached hydrogens (tertiary/aromatic N) is 1. The molecule has 0 unspecified atom stereocenters. The zero-order valence-corrected chi connectivity index (χ0v) is 10.3. The number of fused-ring (bicyclic) bond motifs is 3. The van der Waals surface area contributed by atoms with Crippen molar-refractivity contribution in [2.75, 3.05) is 12.3 Å². The molecule has 0 aliphatic heterocycles. The molecule has 3 heteroatoms. The number of aryl methyl sites for hydroxylation is 1. The molecule has 0 radical (unpaired) electrons. The second-order valence-corrected chi connectivity index (χ2v) is 4.59. The van der Waals surface area contributed by atoms with E-state index in [1.165, 1.54) is 21.8 Å². The molecule has 0 spiro atoms. The summed E-state index contributed by atoms with van der Waals surface area (Å²) in [5.74, 6) is 0. The Morgan fingerprint density at radius 1 is 0.944 bits per heavy atom. The molecule has 3 aromatic rings. The molecule has 0 aliphatic carbocycles. The van der Waals surface area contributed by atoms with E-state index in [4.69, 9.17) is 11.5 Å². The number of hydrogen-bond acceptors (Lipinski definition) is 2. The summed E-state index contributed by atoms with van der Waals surface area (Å²) >= 11 is 0. The molecule has 0 fully saturated rings. The molecule has 3 nitrogen and oxygen atoms in total. The van der Waals surface area contributed by atoms with Gasteiger partial charge in [-0.25, -0.2) is 0 Å². The van der Waals surface area contributed by atoms with Crippen molar-refractivity contribution in [3.63, 3.8) is 0 Å². The molecule has 0 atom stereocenters. The molecular weight excluding hydrogens is 222 g/mol. The number of para-hydroxylation sites is 1. The van der Waals surface area contributed by atoms with Crippen molar-refractivity contribution in [2.24, 2.45) is 5.73 Å². The van der Waals surface area contributed by atoms with Crippen LogP contribution in [-0.4, -0.2) is 11.1 Å². The lowest BCUT2D eigenvalue weighted by Gasteiger charge is -2.06. The maximum Gasteiger partial charge on any atom is 0.0492 e. The minimum Gasteiger partial charge on any atom is -0.399 e. The normalized spacial score (nSPS) is 11.4. The molecule has 2 aromatic carbocycles. The molecule has 3 rings (SSSR count). The van der Waals surface area contributed by atoms with Crippen molar-refractivity contribution in [2.45, 2.75) is 13.0 Å². The largest absolute Gasteiger partial charge is 0.399 e. The third-order valence-electron chi connectivity index (χ3n) is 3.38. The molecule has 0 aliphatic rings. The highest BCUT2D eigenvalue weighted by Gasteiger charge is 2.09. The van der Waals surface area contributed by atoms with E-state index in [9.17, 15) is 0 Å². The Labute approximate surface area is 106 Å². The van der Waals surface area contributed by atoms with Crippen LogP contribution in [0, 0.1) is 0 Å². The molecule has 0 bridgehead atoms. The van der Waals surface area contributed by atoms with Crippen molar-refractivity contribution in [1.82, 2.24) is 4.57 Å². The van der Waals surface area contributed by atoms with Crippen LogP contribution >= 0.6 is 0 Å².